The number of benzene rings is 8. The first-order valence-electron chi connectivity index (χ1n) is 19.9. The fourth-order valence-corrected chi connectivity index (χ4v) is 13.9. The first-order chi connectivity index (χ1) is 26.1. The molecule has 0 bridgehead atoms. The van der Waals surface area contributed by atoms with Crippen LogP contribution in [0.4, 0.5) is 0 Å². The molecule has 0 fully saturated rings. The van der Waals surface area contributed by atoms with E-state index in [-0.39, 0.29) is 10.6 Å². The van der Waals surface area contributed by atoms with Crippen LogP contribution in [0.3, 0.4) is 0 Å². The molecule has 0 spiro atoms. The van der Waals surface area contributed by atoms with E-state index in [4.69, 9.17) is 0 Å². The van der Waals surface area contributed by atoms with Gasteiger partial charge < -0.3 is 0 Å². The second-order valence-electron chi connectivity index (χ2n) is 18.1. The standard InChI is InChI=1S/C53H49P/c1-52(2,3)45-31-37-25-23-33-15-7-11-19-39(33)46(37)48-41-21-13-9-17-35(41)27-29-43(48)50(45)51-44-30-28-36-18-10-14-22-42(36)49(44)47-38(32-54(51)53(4,5)6)26-24-34-16-8-12-20-40(34)47/h7-30,45,50-51H,31-32H2,1-6H3/t45-,50-,51+,54+/m1/s1. The van der Waals surface area contributed by atoms with Gasteiger partial charge in [-0.05, 0) is 123 Å². The highest BCUT2D eigenvalue weighted by atomic mass is 31.1. The highest BCUT2D eigenvalue weighted by molar-refractivity contribution is 7.59. The van der Waals surface area contributed by atoms with Gasteiger partial charge in [0.25, 0.3) is 0 Å². The Morgan fingerprint density at radius 3 is 1.33 bits per heavy atom. The molecule has 2 aliphatic rings. The lowest BCUT2D eigenvalue weighted by atomic mass is 9.66. The molecule has 1 heteroatoms. The van der Waals surface area contributed by atoms with Crippen molar-refractivity contribution in [2.75, 3.05) is 0 Å². The fourth-order valence-electron chi connectivity index (χ4n) is 10.5. The SMILES string of the molecule is CC(C)(C)[C@@H]1Cc2ccc3ccccc3c2-c2c(ccc3ccccc23)[C@H]1[C@@H]1c2ccc3ccccc3c2-c2c(ccc3ccccc23)C[P@]1C(C)(C)C. The van der Waals surface area contributed by atoms with Gasteiger partial charge in [0, 0.05) is 5.66 Å². The first kappa shape index (κ1) is 33.8. The zero-order chi connectivity index (χ0) is 36.9. The molecule has 10 rings (SSSR count). The minimum atomic E-state index is -0.574. The molecule has 0 saturated heterocycles. The smallest absolute Gasteiger partial charge is 0.0128 e. The summed E-state index contributed by atoms with van der Waals surface area (Å²) in [5, 5.41) is 11.0. The minimum absolute atomic E-state index is 0.0581. The number of hydrogen-bond donors (Lipinski definition) is 0. The van der Waals surface area contributed by atoms with E-state index in [0.29, 0.717) is 17.5 Å². The monoisotopic (exact) mass is 716 g/mol. The highest BCUT2D eigenvalue weighted by Crippen LogP contribution is 2.73. The molecule has 266 valence electrons. The predicted octanol–water partition coefficient (Wildman–Crippen LogP) is 15.5. The maximum atomic E-state index is 2.58. The average molecular weight is 717 g/mol. The van der Waals surface area contributed by atoms with Crippen LogP contribution in [0.5, 0.6) is 0 Å². The first-order valence-corrected chi connectivity index (χ1v) is 21.5. The summed E-state index contributed by atoms with van der Waals surface area (Å²) in [6, 6.07) is 56.4. The van der Waals surface area contributed by atoms with E-state index < -0.39 is 7.92 Å². The molecule has 8 aromatic carbocycles. The van der Waals surface area contributed by atoms with Crippen molar-refractivity contribution in [1.29, 1.82) is 0 Å². The molecule has 0 saturated carbocycles. The van der Waals surface area contributed by atoms with Gasteiger partial charge >= 0.3 is 0 Å². The van der Waals surface area contributed by atoms with Crippen molar-refractivity contribution in [2.45, 2.75) is 70.9 Å². The molecule has 1 aliphatic heterocycles. The number of hydrogen-bond acceptors (Lipinski definition) is 0. The summed E-state index contributed by atoms with van der Waals surface area (Å²) in [6.07, 6.45) is 2.17. The molecule has 4 atom stereocenters. The summed E-state index contributed by atoms with van der Waals surface area (Å²) in [5.41, 5.74) is 12.4. The molecule has 0 amide bonds. The summed E-state index contributed by atoms with van der Waals surface area (Å²) < 4.78 is 0. The van der Waals surface area contributed by atoms with Crippen LogP contribution in [-0.4, -0.2) is 5.16 Å². The molecule has 1 aliphatic carbocycles. The Morgan fingerprint density at radius 1 is 0.426 bits per heavy atom. The van der Waals surface area contributed by atoms with Crippen molar-refractivity contribution in [1.82, 2.24) is 0 Å². The molecular weight excluding hydrogens is 668 g/mol. The van der Waals surface area contributed by atoms with Crippen LogP contribution in [0.15, 0.2) is 146 Å². The Balaban J connectivity index is 1.38. The molecule has 0 radical (unpaired) electrons. The Bertz CT molecular complexity index is 2580. The van der Waals surface area contributed by atoms with Crippen LogP contribution < -0.4 is 0 Å². The van der Waals surface area contributed by atoms with Crippen molar-refractivity contribution >= 4 is 51.0 Å². The van der Waals surface area contributed by atoms with Gasteiger partial charge in [-0.25, -0.2) is 0 Å². The van der Waals surface area contributed by atoms with Gasteiger partial charge in [-0.2, -0.15) is 0 Å². The molecule has 54 heavy (non-hydrogen) atoms. The summed E-state index contributed by atoms with van der Waals surface area (Å²) in [4.78, 5) is 0. The quantitative estimate of drug-likeness (QED) is 0.148. The van der Waals surface area contributed by atoms with Gasteiger partial charge in [-0.15, -0.1) is 0 Å². The van der Waals surface area contributed by atoms with Gasteiger partial charge in [0.2, 0.25) is 0 Å². The number of fused-ring (bicyclic) bond motifs is 14. The molecule has 8 aromatic rings. The van der Waals surface area contributed by atoms with E-state index in [1.54, 1.807) is 11.1 Å². The second-order valence-corrected chi connectivity index (χ2v) is 21.2. The lowest BCUT2D eigenvalue weighted by Crippen LogP contribution is -2.33. The van der Waals surface area contributed by atoms with Gasteiger partial charge in [0.15, 0.2) is 0 Å². The van der Waals surface area contributed by atoms with E-state index in [2.05, 4.69) is 187 Å². The second kappa shape index (κ2) is 12.4. The van der Waals surface area contributed by atoms with E-state index in [0.717, 1.165) is 12.6 Å². The predicted molar refractivity (Wildman–Crippen MR) is 236 cm³/mol. The maximum Gasteiger partial charge on any atom is 0.0128 e. The van der Waals surface area contributed by atoms with Gasteiger partial charge in [-0.1, -0.05) is 195 Å². The summed E-state index contributed by atoms with van der Waals surface area (Å²) in [5.74, 6) is 0.719. The summed E-state index contributed by atoms with van der Waals surface area (Å²) in [7, 11) is -0.574. The van der Waals surface area contributed by atoms with Gasteiger partial charge in [-0.3, -0.25) is 0 Å². The Morgan fingerprint density at radius 2 is 0.833 bits per heavy atom. The molecule has 0 N–H and O–H groups in total. The molecule has 0 aromatic heterocycles. The van der Waals surface area contributed by atoms with Crippen LogP contribution in [0.25, 0.3) is 65.3 Å². The lowest BCUT2D eigenvalue weighted by Gasteiger charge is -2.47. The van der Waals surface area contributed by atoms with Crippen molar-refractivity contribution in [3.05, 3.63) is 168 Å². The van der Waals surface area contributed by atoms with Gasteiger partial charge in [0.1, 0.15) is 0 Å². The normalized spacial score (nSPS) is 19.9. The Kier molecular flexibility index (Phi) is 7.74. The van der Waals surface area contributed by atoms with Crippen LogP contribution in [-0.2, 0) is 12.6 Å². The van der Waals surface area contributed by atoms with E-state index in [1.165, 1.54) is 76.5 Å². The number of rotatable bonds is 1. The third-order valence-corrected chi connectivity index (χ3v) is 16.7. The zero-order valence-corrected chi connectivity index (χ0v) is 33.3. The van der Waals surface area contributed by atoms with Crippen molar-refractivity contribution in [3.8, 4) is 22.3 Å². The van der Waals surface area contributed by atoms with E-state index in [1.807, 2.05) is 0 Å². The zero-order valence-electron chi connectivity index (χ0n) is 32.4. The maximum absolute atomic E-state index is 2.58. The van der Waals surface area contributed by atoms with Crippen molar-refractivity contribution in [3.63, 3.8) is 0 Å². The van der Waals surface area contributed by atoms with Gasteiger partial charge in [0.05, 0.1) is 0 Å². The lowest BCUT2D eigenvalue weighted by molar-refractivity contribution is 0.196. The fraction of sp³-hybridized carbons (Fsp3) is 0.245. The molecule has 0 unspecified atom stereocenters. The minimum Gasteiger partial charge on any atom is -0.0883 e. The topological polar surface area (TPSA) is 0 Å². The Hall–Kier alpha value is -4.77. The van der Waals surface area contributed by atoms with E-state index in [9.17, 15) is 0 Å². The Labute approximate surface area is 322 Å². The van der Waals surface area contributed by atoms with Crippen molar-refractivity contribution < 1.29 is 0 Å². The third kappa shape index (κ3) is 5.21. The summed E-state index contributed by atoms with van der Waals surface area (Å²) >= 11 is 0. The van der Waals surface area contributed by atoms with Crippen LogP contribution in [0.1, 0.15) is 75.4 Å². The molecule has 0 nitrogen and oxygen atoms in total. The molecular formula is C53H49P. The van der Waals surface area contributed by atoms with Crippen LogP contribution >= 0.6 is 7.92 Å². The summed E-state index contributed by atoms with van der Waals surface area (Å²) in [6.45, 7) is 15.2. The largest absolute Gasteiger partial charge is 0.0883 e. The third-order valence-electron chi connectivity index (χ3n) is 13.0. The van der Waals surface area contributed by atoms with E-state index >= 15 is 0 Å². The van der Waals surface area contributed by atoms with Crippen LogP contribution in [0.2, 0.25) is 0 Å². The van der Waals surface area contributed by atoms with Crippen molar-refractivity contribution in [2.24, 2.45) is 11.3 Å². The average Bonchev–Trinajstić information content (AvgIpc) is 3.43. The molecule has 1 heterocycles. The highest BCUT2D eigenvalue weighted by Gasteiger charge is 2.49. The van der Waals surface area contributed by atoms with Crippen LogP contribution in [0, 0.1) is 11.3 Å².